The molecule has 8 N–H and O–H groups in total. The van der Waals surface area contributed by atoms with Gasteiger partial charge in [0.05, 0.1) is 24.9 Å². The molecule has 2 saturated heterocycles. The molecule has 2 aliphatic rings. The molecule has 1 aromatic heterocycles. The maximum absolute atomic E-state index is 13.2. The molecule has 3 heterocycles. The summed E-state index contributed by atoms with van der Waals surface area (Å²) in [4.78, 5) is 13.2. The van der Waals surface area contributed by atoms with Gasteiger partial charge in [-0.1, -0.05) is 0 Å². The average molecular weight is 593 g/mol. The van der Waals surface area contributed by atoms with Gasteiger partial charge in [-0.3, -0.25) is 4.79 Å². The molecule has 0 bridgehead atoms. The third-order valence-electron chi connectivity index (χ3n) is 7.69. The lowest BCUT2D eigenvalue weighted by Gasteiger charge is -2.46. The lowest BCUT2D eigenvalue weighted by Crippen LogP contribution is -2.61. The maximum Gasteiger partial charge on any atom is 0.197 e. The van der Waals surface area contributed by atoms with Crippen LogP contribution in [-0.4, -0.2) is 103 Å². The summed E-state index contributed by atoms with van der Waals surface area (Å²) in [6.45, 7) is 2.84. The first-order valence-corrected chi connectivity index (χ1v) is 13.1. The number of aliphatic hydroxyl groups is 5. The molecule has 2 aromatic carbocycles. The van der Waals surface area contributed by atoms with Crippen LogP contribution in [0.4, 0.5) is 0 Å². The van der Waals surface area contributed by atoms with E-state index in [0.717, 1.165) is 12.1 Å². The van der Waals surface area contributed by atoms with Gasteiger partial charge in [-0.15, -0.1) is 0 Å². The van der Waals surface area contributed by atoms with Gasteiger partial charge >= 0.3 is 0 Å². The number of benzene rings is 2. The van der Waals surface area contributed by atoms with Crippen LogP contribution in [0.1, 0.15) is 25.5 Å². The van der Waals surface area contributed by atoms with Crippen LogP contribution in [0, 0.1) is 0 Å². The van der Waals surface area contributed by atoms with Crippen LogP contribution in [0.2, 0.25) is 0 Å². The lowest BCUT2D eigenvalue weighted by molar-refractivity contribution is -0.336. The molecule has 228 valence electrons. The highest BCUT2D eigenvalue weighted by Gasteiger charge is 2.50. The summed E-state index contributed by atoms with van der Waals surface area (Å²) >= 11 is 0. The molecule has 10 atom stereocenters. The number of rotatable bonds is 5. The highest BCUT2D eigenvalue weighted by Crippen LogP contribution is 2.46. The molecular weight excluding hydrogens is 560 g/mol. The van der Waals surface area contributed by atoms with Gasteiger partial charge in [0.1, 0.15) is 71.0 Å². The van der Waals surface area contributed by atoms with Crippen LogP contribution < -0.4 is 10.2 Å². The summed E-state index contributed by atoms with van der Waals surface area (Å²) in [7, 11) is 1.35. The smallest absolute Gasteiger partial charge is 0.197 e. The van der Waals surface area contributed by atoms with Crippen LogP contribution in [0.3, 0.4) is 0 Å². The Balaban J connectivity index is 1.58. The van der Waals surface area contributed by atoms with Crippen molar-refractivity contribution in [1.82, 2.24) is 0 Å². The van der Waals surface area contributed by atoms with Gasteiger partial charge in [-0.25, -0.2) is 0 Å². The molecule has 42 heavy (non-hydrogen) atoms. The zero-order valence-corrected chi connectivity index (χ0v) is 22.7. The van der Waals surface area contributed by atoms with Crippen molar-refractivity contribution >= 4 is 11.0 Å². The number of aromatic hydroxyl groups is 3. The standard InChI is InChI=1S/C28H32O14/c1-9-21(33)24(36)27(42-28-25(37)23(35)20(32)10(2)40-28)26(39-9)19-14(31)8-17-18(22(19)34)13(30)7-15(41-17)11-4-5-12(29)16(6-11)38-3/h4-10,20-21,23-29,31-37H,1-3H3/t9-,10+,20+,21-,23-,24-,25-,26-,27+,28-/m1/s1. The first-order chi connectivity index (χ1) is 19.8. The van der Waals surface area contributed by atoms with E-state index < -0.39 is 78.2 Å². The van der Waals surface area contributed by atoms with E-state index in [1.54, 1.807) is 0 Å². The molecule has 14 heteroatoms. The number of fused-ring (bicyclic) bond motifs is 1. The number of methoxy groups -OCH3 is 1. The quantitative estimate of drug-likeness (QED) is 0.195. The van der Waals surface area contributed by atoms with Crippen molar-refractivity contribution in [2.75, 3.05) is 7.11 Å². The minimum absolute atomic E-state index is 0.0398. The van der Waals surface area contributed by atoms with Crippen molar-refractivity contribution in [3.8, 4) is 34.3 Å². The fourth-order valence-corrected chi connectivity index (χ4v) is 5.26. The van der Waals surface area contributed by atoms with Gasteiger partial charge in [0.25, 0.3) is 0 Å². The van der Waals surface area contributed by atoms with Gasteiger partial charge in [-0.05, 0) is 32.0 Å². The second kappa shape index (κ2) is 11.3. The van der Waals surface area contributed by atoms with Crippen LogP contribution in [0.25, 0.3) is 22.3 Å². The summed E-state index contributed by atoms with van der Waals surface area (Å²) in [5.74, 6) is -1.35. The predicted molar refractivity (Wildman–Crippen MR) is 142 cm³/mol. The zero-order chi connectivity index (χ0) is 30.6. The summed E-state index contributed by atoms with van der Waals surface area (Å²) in [6, 6.07) is 6.39. The molecule has 2 aliphatic heterocycles. The Kier molecular flexibility index (Phi) is 8.08. The zero-order valence-electron chi connectivity index (χ0n) is 22.7. The molecule has 2 fully saturated rings. The van der Waals surface area contributed by atoms with Crippen LogP contribution in [-0.2, 0) is 14.2 Å². The Morgan fingerprint density at radius 1 is 0.786 bits per heavy atom. The monoisotopic (exact) mass is 592 g/mol. The predicted octanol–water partition coefficient (Wildman–Crippen LogP) is -0.0203. The van der Waals surface area contributed by atoms with Crippen LogP contribution >= 0.6 is 0 Å². The Morgan fingerprint density at radius 3 is 2.14 bits per heavy atom. The second-order valence-electron chi connectivity index (χ2n) is 10.4. The Bertz CT molecular complexity index is 1520. The van der Waals surface area contributed by atoms with Crippen molar-refractivity contribution in [2.24, 2.45) is 0 Å². The van der Waals surface area contributed by atoms with E-state index in [0.29, 0.717) is 5.56 Å². The molecule has 0 spiro atoms. The minimum atomic E-state index is -1.77. The number of hydrogen-bond acceptors (Lipinski definition) is 14. The van der Waals surface area contributed by atoms with Gasteiger partial charge in [0.2, 0.25) is 0 Å². The van der Waals surface area contributed by atoms with E-state index >= 15 is 0 Å². The molecular formula is C28H32O14. The third-order valence-corrected chi connectivity index (χ3v) is 7.69. The summed E-state index contributed by atoms with van der Waals surface area (Å²) < 4.78 is 27.9. The van der Waals surface area contributed by atoms with E-state index in [-0.39, 0.29) is 33.8 Å². The van der Waals surface area contributed by atoms with E-state index in [9.17, 15) is 45.6 Å². The molecule has 0 saturated carbocycles. The Hall–Kier alpha value is -3.47. The topological polar surface area (TPSA) is 229 Å². The van der Waals surface area contributed by atoms with Gasteiger partial charge in [0.15, 0.2) is 23.2 Å². The second-order valence-corrected chi connectivity index (χ2v) is 10.4. The largest absolute Gasteiger partial charge is 0.507 e. The molecule has 5 rings (SSSR count). The number of hydrogen-bond donors (Lipinski definition) is 8. The van der Waals surface area contributed by atoms with E-state index in [1.807, 2.05) is 0 Å². The molecule has 0 unspecified atom stereocenters. The SMILES string of the molecule is COc1cc(-c2cc(=O)c3c(O)c([C@H]4O[C@H](C)[C@@H](O)[C@@H](O)[C@@H]4O[C@H]4O[C@@H](C)[C@H](O)[C@@H](O)[C@H]4O)c(O)cc3o2)ccc1O. The molecule has 0 aliphatic carbocycles. The maximum atomic E-state index is 13.2. The van der Waals surface area contributed by atoms with E-state index in [2.05, 4.69) is 0 Å². The summed E-state index contributed by atoms with van der Waals surface area (Å²) in [5.41, 5.74) is -0.942. The normalized spacial score (nSPS) is 33.5. The van der Waals surface area contributed by atoms with Crippen molar-refractivity contribution in [3.05, 3.63) is 46.1 Å². The molecule has 3 aromatic rings. The third kappa shape index (κ3) is 5.05. The van der Waals surface area contributed by atoms with Crippen LogP contribution in [0.15, 0.2) is 39.5 Å². The van der Waals surface area contributed by atoms with Crippen molar-refractivity contribution in [3.63, 3.8) is 0 Å². The van der Waals surface area contributed by atoms with E-state index in [4.69, 9.17) is 23.4 Å². The van der Waals surface area contributed by atoms with Gasteiger partial charge in [0, 0.05) is 17.7 Å². The summed E-state index contributed by atoms with van der Waals surface area (Å²) in [6.07, 6.45) is -14.9. The minimum Gasteiger partial charge on any atom is -0.507 e. The van der Waals surface area contributed by atoms with Gasteiger partial charge in [-0.2, -0.15) is 0 Å². The Morgan fingerprint density at radius 2 is 1.45 bits per heavy atom. The molecule has 14 nitrogen and oxygen atoms in total. The number of phenolic OH excluding ortho intramolecular Hbond substituents is 3. The van der Waals surface area contributed by atoms with Crippen molar-refractivity contribution in [1.29, 1.82) is 0 Å². The first-order valence-electron chi connectivity index (χ1n) is 13.1. The van der Waals surface area contributed by atoms with Gasteiger partial charge < -0.3 is 64.2 Å². The fraction of sp³-hybridized carbons (Fsp3) is 0.464. The molecule has 0 amide bonds. The van der Waals surface area contributed by atoms with Crippen LogP contribution in [0.5, 0.6) is 23.0 Å². The van der Waals surface area contributed by atoms with E-state index in [1.165, 1.54) is 39.2 Å². The average Bonchev–Trinajstić information content (AvgIpc) is 2.95. The number of phenols is 3. The number of ether oxygens (including phenoxy) is 4. The first kappa shape index (κ1) is 30.0. The highest BCUT2D eigenvalue weighted by atomic mass is 16.7. The van der Waals surface area contributed by atoms with Crippen molar-refractivity contribution in [2.45, 2.75) is 75.1 Å². The number of aliphatic hydroxyl groups excluding tert-OH is 5. The summed E-state index contributed by atoms with van der Waals surface area (Å²) in [5, 5.41) is 83.9. The Labute approximate surface area is 238 Å². The lowest BCUT2D eigenvalue weighted by atomic mass is 9.89. The fourth-order valence-electron chi connectivity index (χ4n) is 5.26. The molecule has 0 radical (unpaired) electrons. The van der Waals surface area contributed by atoms with Crippen molar-refractivity contribution < 1.29 is 64.2 Å². The highest BCUT2D eigenvalue weighted by molar-refractivity contribution is 5.88.